The van der Waals surface area contributed by atoms with Gasteiger partial charge in [-0.05, 0) is 12.8 Å². The highest BCUT2D eigenvalue weighted by molar-refractivity contribution is 5.71. The SMILES string of the molecule is CCCCC(=O)OC(O)(O)OC(=O)CCCC. The highest BCUT2D eigenvalue weighted by Gasteiger charge is 2.33. The number of aliphatic hydroxyl groups is 2. The minimum atomic E-state index is -3.16. The minimum Gasteiger partial charge on any atom is -0.374 e. The van der Waals surface area contributed by atoms with Crippen LogP contribution in [0.1, 0.15) is 52.4 Å². The summed E-state index contributed by atoms with van der Waals surface area (Å²) in [6, 6.07) is 0. The van der Waals surface area contributed by atoms with E-state index in [0.717, 1.165) is 12.8 Å². The van der Waals surface area contributed by atoms with Crippen molar-refractivity contribution in [2.24, 2.45) is 0 Å². The molecule has 0 aliphatic rings. The Morgan fingerprint density at radius 3 is 1.59 bits per heavy atom. The third-order valence-electron chi connectivity index (χ3n) is 1.96. The molecule has 0 aliphatic carbocycles. The molecule has 0 rings (SSSR count). The lowest BCUT2D eigenvalue weighted by Gasteiger charge is -2.20. The van der Waals surface area contributed by atoms with Crippen molar-refractivity contribution >= 4 is 11.9 Å². The average molecular weight is 248 g/mol. The monoisotopic (exact) mass is 248 g/mol. The van der Waals surface area contributed by atoms with Crippen LogP contribution in [0, 0.1) is 0 Å². The van der Waals surface area contributed by atoms with Gasteiger partial charge >= 0.3 is 18.1 Å². The second-order valence-electron chi connectivity index (χ2n) is 3.70. The van der Waals surface area contributed by atoms with E-state index in [4.69, 9.17) is 10.2 Å². The zero-order valence-electron chi connectivity index (χ0n) is 10.3. The van der Waals surface area contributed by atoms with Crippen molar-refractivity contribution < 1.29 is 29.3 Å². The van der Waals surface area contributed by atoms with Crippen LogP contribution < -0.4 is 0 Å². The van der Waals surface area contributed by atoms with Gasteiger partial charge in [0.2, 0.25) is 0 Å². The highest BCUT2D eigenvalue weighted by atomic mass is 17.0. The van der Waals surface area contributed by atoms with Crippen LogP contribution in [0.25, 0.3) is 0 Å². The Morgan fingerprint density at radius 2 is 1.29 bits per heavy atom. The van der Waals surface area contributed by atoms with Crippen LogP contribution in [-0.4, -0.2) is 28.3 Å². The molecule has 0 heterocycles. The Morgan fingerprint density at radius 1 is 0.941 bits per heavy atom. The molecule has 0 saturated carbocycles. The molecule has 0 aromatic carbocycles. The lowest BCUT2D eigenvalue weighted by Crippen LogP contribution is -2.39. The molecular weight excluding hydrogens is 228 g/mol. The molecule has 6 nitrogen and oxygen atoms in total. The largest absolute Gasteiger partial charge is 0.509 e. The van der Waals surface area contributed by atoms with Crippen LogP contribution in [0.15, 0.2) is 0 Å². The molecule has 0 aromatic rings. The fourth-order valence-corrected chi connectivity index (χ4v) is 1.06. The number of carbonyl (C=O) groups excluding carboxylic acids is 2. The lowest BCUT2D eigenvalue weighted by molar-refractivity contribution is -0.434. The van der Waals surface area contributed by atoms with Crippen LogP contribution in [0.2, 0.25) is 0 Å². The highest BCUT2D eigenvalue weighted by Crippen LogP contribution is 2.10. The molecule has 0 aliphatic heterocycles. The number of hydrogen-bond donors (Lipinski definition) is 2. The maximum absolute atomic E-state index is 11.1. The molecule has 0 spiro atoms. The Balaban J connectivity index is 4.01. The average Bonchev–Trinajstić information content (AvgIpc) is 2.22. The first-order chi connectivity index (χ1) is 7.91. The van der Waals surface area contributed by atoms with Gasteiger partial charge in [-0.25, -0.2) is 0 Å². The summed E-state index contributed by atoms with van der Waals surface area (Å²) in [5.74, 6) is -1.64. The van der Waals surface area contributed by atoms with Crippen molar-refractivity contribution in [3.8, 4) is 0 Å². The summed E-state index contributed by atoms with van der Waals surface area (Å²) in [5.41, 5.74) is 0. The van der Waals surface area contributed by atoms with E-state index in [9.17, 15) is 9.59 Å². The smallest absolute Gasteiger partial charge is 0.374 e. The molecule has 100 valence electrons. The van der Waals surface area contributed by atoms with Crippen LogP contribution >= 0.6 is 0 Å². The van der Waals surface area contributed by atoms with Gasteiger partial charge in [-0.2, -0.15) is 0 Å². The summed E-state index contributed by atoms with van der Waals surface area (Å²) in [4.78, 5) is 22.2. The van der Waals surface area contributed by atoms with E-state index >= 15 is 0 Å². The van der Waals surface area contributed by atoms with Gasteiger partial charge < -0.3 is 9.47 Å². The molecule has 6 heteroatoms. The molecule has 0 atom stereocenters. The van der Waals surface area contributed by atoms with E-state index in [1.165, 1.54) is 0 Å². The van der Waals surface area contributed by atoms with Crippen LogP contribution in [0.3, 0.4) is 0 Å². The molecule has 17 heavy (non-hydrogen) atoms. The zero-order valence-corrected chi connectivity index (χ0v) is 10.3. The number of hydrogen-bond acceptors (Lipinski definition) is 6. The van der Waals surface area contributed by atoms with Gasteiger partial charge in [0.1, 0.15) is 0 Å². The molecule has 0 unspecified atom stereocenters. The van der Waals surface area contributed by atoms with Gasteiger partial charge in [0.05, 0.1) is 0 Å². The fraction of sp³-hybridized carbons (Fsp3) is 0.818. The first-order valence-electron chi connectivity index (χ1n) is 5.79. The number of esters is 2. The Labute approximate surface area is 101 Å². The molecule has 0 amide bonds. The van der Waals surface area contributed by atoms with Crippen molar-refractivity contribution in [1.29, 1.82) is 0 Å². The molecule has 0 fully saturated rings. The molecule has 2 N–H and O–H groups in total. The van der Waals surface area contributed by atoms with E-state index in [1.54, 1.807) is 0 Å². The summed E-state index contributed by atoms with van der Waals surface area (Å²) in [7, 11) is 0. The van der Waals surface area contributed by atoms with Gasteiger partial charge in [-0.1, -0.05) is 26.7 Å². The standard InChI is InChI=1S/C11H20O6/c1-3-5-7-9(12)16-11(14,15)17-10(13)8-6-4-2/h14-15H,3-8H2,1-2H3. The van der Waals surface area contributed by atoms with Crippen molar-refractivity contribution in [2.75, 3.05) is 0 Å². The Kier molecular flexibility index (Phi) is 7.49. The zero-order chi connectivity index (χ0) is 13.3. The third-order valence-corrected chi connectivity index (χ3v) is 1.96. The summed E-state index contributed by atoms with van der Waals surface area (Å²) in [5, 5.41) is 18.2. The number of ether oxygens (including phenoxy) is 2. The van der Waals surface area contributed by atoms with Crippen LogP contribution in [0.4, 0.5) is 0 Å². The van der Waals surface area contributed by atoms with E-state index in [1.807, 2.05) is 13.8 Å². The van der Waals surface area contributed by atoms with Gasteiger partial charge in [0.15, 0.2) is 0 Å². The topological polar surface area (TPSA) is 93.1 Å². The van der Waals surface area contributed by atoms with E-state index < -0.39 is 18.1 Å². The third kappa shape index (κ3) is 8.65. The number of unbranched alkanes of at least 4 members (excludes halogenated alkanes) is 2. The number of rotatable bonds is 8. The predicted octanol–water partition coefficient (Wildman–Crippen LogP) is 1.05. The molecule has 0 radical (unpaired) electrons. The van der Waals surface area contributed by atoms with Crippen LogP contribution in [-0.2, 0) is 19.1 Å². The van der Waals surface area contributed by atoms with Gasteiger partial charge in [-0.3, -0.25) is 19.8 Å². The molecule has 0 aromatic heterocycles. The van der Waals surface area contributed by atoms with Gasteiger partial charge in [-0.15, -0.1) is 0 Å². The normalized spacial score (nSPS) is 11.1. The van der Waals surface area contributed by atoms with Crippen LogP contribution in [0.5, 0.6) is 0 Å². The molecular formula is C11H20O6. The molecule has 0 bridgehead atoms. The summed E-state index contributed by atoms with van der Waals surface area (Å²) < 4.78 is 8.44. The Bertz CT molecular complexity index is 224. The molecule has 0 saturated heterocycles. The first kappa shape index (κ1) is 15.9. The maximum Gasteiger partial charge on any atom is 0.509 e. The van der Waals surface area contributed by atoms with Crippen molar-refractivity contribution in [3.05, 3.63) is 0 Å². The summed E-state index contributed by atoms with van der Waals surface area (Å²) in [6.45, 7) is 3.76. The van der Waals surface area contributed by atoms with E-state index in [-0.39, 0.29) is 12.8 Å². The van der Waals surface area contributed by atoms with Crippen molar-refractivity contribution in [1.82, 2.24) is 0 Å². The number of carbonyl (C=O) groups is 2. The summed E-state index contributed by atoms with van der Waals surface area (Å²) >= 11 is 0. The van der Waals surface area contributed by atoms with Gasteiger partial charge in [0.25, 0.3) is 0 Å². The summed E-state index contributed by atoms with van der Waals surface area (Å²) in [6.07, 6.45) is -0.380. The second kappa shape index (κ2) is 8.03. The van der Waals surface area contributed by atoms with E-state index in [0.29, 0.717) is 12.8 Å². The predicted molar refractivity (Wildman–Crippen MR) is 58.4 cm³/mol. The van der Waals surface area contributed by atoms with E-state index in [2.05, 4.69) is 9.47 Å². The second-order valence-corrected chi connectivity index (χ2v) is 3.70. The minimum absolute atomic E-state index is 0.0475. The maximum atomic E-state index is 11.1. The Hall–Kier alpha value is -1.14. The van der Waals surface area contributed by atoms with Crippen molar-refractivity contribution in [2.45, 2.75) is 58.5 Å². The van der Waals surface area contributed by atoms with Crippen molar-refractivity contribution in [3.63, 3.8) is 0 Å². The van der Waals surface area contributed by atoms with Gasteiger partial charge in [0, 0.05) is 12.8 Å². The first-order valence-corrected chi connectivity index (χ1v) is 5.79. The quantitative estimate of drug-likeness (QED) is 0.492. The lowest BCUT2D eigenvalue weighted by atomic mass is 10.2. The fourth-order valence-electron chi connectivity index (χ4n) is 1.06.